The van der Waals surface area contributed by atoms with E-state index in [4.69, 9.17) is 15.0 Å². The molecule has 0 bridgehead atoms. The van der Waals surface area contributed by atoms with E-state index in [2.05, 4.69) is 35.0 Å². The third-order valence-electron chi connectivity index (χ3n) is 6.56. The predicted octanol–water partition coefficient (Wildman–Crippen LogP) is 4.67. The first-order valence-corrected chi connectivity index (χ1v) is 16.3. The van der Waals surface area contributed by atoms with Crippen molar-refractivity contribution in [2.75, 3.05) is 18.1 Å². The largest absolute Gasteiger partial charge is 0.411 e. The van der Waals surface area contributed by atoms with Crippen LogP contribution in [0.15, 0.2) is 35.7 Å². The van der Waals surface area contributed by atoms with Crippen molar-refractivity contribution in [3.05, 3.63) is 59.2 Å². The van der Waals surface area contributed by atoms with Crippen molar-refractivity contribution >= 4 is 26.0 Å². The zero-order valence-corrected chi connectivity index (χ0v) is 23.1. The Balaban J connectivity index is 1.68. The van der Waals surface area contributed by atoms with Crippen molar-refractivity contribution in [1.82, 2.24) is 20.0 Å². The molecule has 1 amide bonds. The number of halogens is 3. The minimum absolute atomic E-state index is 0.0544. The Bertz CT molecular complexity index is 1320. The van der Waals surface area contributed by atoms with Crippen LogP contribution in [0.2, 0.25) is 25.7 Å². The molecule has 4 rings (SSSR count). The Labute approximate surface area is 225 Å². The smallest absolute Gasteiger partial charge is 0.231 e. The van der Waals surface area contributed by atoms with Gasteiger partial charge in [0.1, 0.15) is 12.5 Å². The van der Waals surface area contributed by atoms with E-state index in [1.165, 1.54) is 12.4 Å². The average Bonchev–Trinajstić information content (AvgIpc) is 3.43. The summed E-state index contributed by atoms with van der Waals surface area (Å²) in [4.78, 5) is 15.2. The molecule has 1 unspecified atom stereocenters. The minimum Gasteiger partial charge on any atom is -0.411 e. The molecule has 0 radical (unpaired) electrons. The quantitative estimate of drug-likeness (QED) is 0.0913. The van der Waals surface area contributed by atoms with Gasteiger partial charge in [0, 0.05) is 50.9 Å². The lowest BCUT2D eigenvalue weighted by Crippen LogP contribution is -2.31. The highest BCUT2D eigenvalue weighted by Crippen LogP contribution is 2.36. The normalized spacial score (nSPS) is 16.1. The maximum atomic E-state index is 13.8. The van der Waals surface area contributed by atoms with Crippen LogP contribution in [0.5, 0.6) is 0 Å². The predicted molar refractivity (Wildman–Crippen MR) is 142 cm³/mol. The van der Waals surface area contributed by atoms with Gasteiger partial charge in [0.2, 0.25) is 5.91 Å². The molecule has 3 aromatic rings. The molecule has 1 aliphatic rings. The van der Waals surface area contributed by atoms with Gasteiger partial charge >= 0.3 is 0 Å². The maximum Gasteiger partial charge on any atom is 0.231 e. The summed E-state index contributed by atoms with van der Waals surface area (Å²) in [6.45, 7) is 7.69. The second-order valence-corrected chi connectivity index (χ2v) is 16.3. The summed E-state index contributed by atoms with van der Waals surface area (Å²) < 4.78 is 48.6. The van der Waals surface area contributed by atoms with Crippen molar-refractivity contribution in [3.8, 4) is 11.3 Å². The molecule has 1 fully saturated rings. The number of carbonyl (C=O) groups excluding carboxylic acids is 1. The zero-order chi connectivity index (χ0) is 28.2. The van der Waals surface area contributed by atoms with E-state index in [-0.39, 0.29) is 31.0 Å². The van der Waals surface area contributed by atoms with Crippen LogP contribution in [-0.2, 0) is 29.1 Å². The Morgan fingerprint density at radius 1 is 1.21 bits per heavy atom. The fraction of sp³-hybridized carbons (Fsp3) is 0.423. The highest BCUT2D eigenvalue weighted by molar-refractivity contribution is 6.76. The number of anilines is 1. The molecule has 2 aromatic heterocycles. The molecule has 1 N–H and O–H groups in total. The van der Waals surface area contributed by atoms with E-state index in [0.29, 0.717) is 42.2 Å². The van der Waals surface area contributed by atoms with Crippen LogP contribution < -0.4 is 4.90 Å². The van der Waals surface area contributed by atoms with Gasteiger partial charge in [0.25, 0.3) is 0 Å². The number of hydrogen-bond acceptors (Lipinski definition) is 7. The highest BCUT2D eigenvalue weighted by Gasteiger charge is 2.37. The third kappa shape index (κ3) is 6.71. The summed E-state index contributed by atoms with van der Waals surface area (Å²) in [7, 11) is -1.34. The number of aromatic nitrogens is 4. The van der Waals surface area contributed by atoms with Crippen molar-refractivity contribution in [3.63, 3.8) is 0 Å². The highest BCUT2D eigenvalue weighted by atomic mass is 28.3. The summed E-state index contributed by atoms with van der Waals surface area (Å²) in [5, 5.41) is 24.8. The van der Waals surface area contributed by atoms with E-state index in [0.717, 1.165) is 18.2 Å². The standard InChI is InChI=1S/C26H31F3N6O3Si/c1-39(2,3)11-10-38-16-35-25(20(5-8-32-37)24(33-35)19-4-7-30-31-15-19)34-9-6-18(26(34)36)12-17-13-21(27)23(29)22(28)14-17/h4,7-8,13-15,18,37H,5-6,9-12,16H2,1-3H3/b32-8+. The lowest BCUT2D eigenvalue weighted by atomic mass is 9.98. The fourth-order valence-corrected chi connectivity index (χ4v) is 5.30. The molecule has 208 valence electrons. The lowest BCUT2D eigenvalue weighted by molar-refractivity contribution is -0.120. The van der Waals surface area contributed by atoms with Crippen LogP contribution in [0.4, 0.5) is 19.0 Å². The first kappa shape index (κ1) is 28.4. The lowest BCUT2D eigenvalue weighted by Gasteiger charge is -2.21. The van der Waals surface area contributed by atoms with E-state index in [1.807, 2.05) is 0 Å². The second kappa shape index (κ2) is 12.1. The minimum atomic E-state index is -1.54. The third-order valence-corrected chi connectivity index (χ3v) is 8.27. The van der Waals surface area contributed by atoms with Gasteiger partial charge in [-0.2, -0.15) is 15.3 Å². The summed E-state index contributed by atoms with van der Waals surface area (Å²) >= 11 is 0. The van der Waals surface area contributed by atoms with Crippen molar-refractivity contribution < 1.29 is 27.9 Å². The Morgan fingerprint density at radius 2 is 1.95 bits per heavy atom. The summed E-state index contributed by atoms with van der Waals surface area (Å²) in [5.41, 5.74) is 2.02. The number of amides is 1. The molecular weight excluding hydrogens is 529 g/mol. The Hall–Kier alpha value is -3.58. The molecule has 0 saturated carbocycles. The second-order valence-electron chi connectivity index (χ2n) is 10.7. The monoisotopic (exact) mass is 560 g/mol. The van der Waals surface area contributed by atoms with E-state index >= 15 is 0 Å². The van der Waals surface area contributed by atoms with Gasteiger partial charge in [-0.05, 0) is 42.6 Å². The van der Waals surface area contributed by atoms with Crippen molar-refractivity contribution in [1.29, 1.82) is 0 Å². The van der Waals surface area contributed by atoms with E-state index in [9.17, 15) is 18.0 Å². The van der Waals surface area contributed by atoms with E-state index in [1.54, 1.807) is 21.8 Å². The van der Waals surface area contributed by atoms with Gasteiger partial charge in [0.05, 0.1) is 18.1 Å². The number of nitrogens with zero attached hydrogens (tertiary/aromatic N) is 6. The molecule has 9 nitrogen and oxygen atoms in total. The Morgan fingerprint density at radius 3 is 2.59 bits per heavy atom. The van der Waals surface area contributed by atoms with Gasteiger partial charge in [0.15, 0.2) is 17.5 Å². The van der Waals surface area contributed by atoms with Gasteiger partial charge in [-0.3, -0.25) is 9.69 Å². The van der Waals surface area contributed by atoms with E-state index < -0.39 is 31.4 Å². The number of rotatable bonds is 11. The zero-order valence-electron chi connectivity index (χ0n) is 22.1. The number of oxime groups is 1. The van der Waals surface area contributed by atoms with Crippen LogP contribution in [-0.4, -0.2) is 58.5 Å². The summed E-state index contributed by atoms with van der Waals surface area (Å²) in [5.74, 6) is -4.46. The summed E-state index contributed by atoms with van der Waals surface area (Å²) in [6.07, 6.45) is 5.02. The van der Waals surface area contributed by atoms with Crippen LogP contribution in [0.3, 0.4) is 0 Å². The number of hydrogen-bond donors (Lipinski definition) is 1. The van der Waals surface area contributed by atoms with Crippen molar-refractivity contribution in [2.24, 2.45) is 11.1 Å². The van der Waals surface area contributed by atoms with Crippen LogP contribution in [0.1, 0.15) is 17.5 Å². The average molecular weight is 561 g/mol. The molecule has 0 aliphatic carbocycles. The fourth-order valence-electron chi connectivity index (χ4n) is 4.54. The SMILES string of the molecule is C[Si](C)(C)CCOCn1nc(-c2ccnnc2)c(C/C=N/O)c1N1CCC(Cc2cc(F)c(F)c(F)c2)C1=O. The molecular formula is C26H31F3N6O3Si. The summed E-state index contributed by atoms with van der Waals surface area (Å²) in [6, 6.07) is 4.52. The molecule has 1 atom stereocenters. The first-order valence-electron chi connectivity index (χ1n) is 12.6. The van der Waals surface area contributed by atoms with Crippen LogP contribution in [0.25, 0.3) is 11.3 Å². The topological polar surface area (TPSA) is 106 Å². The molecule has 1 aliphatic heterocycles. The molecule has 0 spiro atoms. The molecule has 3 heterocycles. The Kier molecular flexibility index (Phi) is 8.80. The van der Waals surface area contributed by atoms with Crippen molar-refractivity contribution in [2.45, 2.75) is 51.7 Å². The first-order chi connectivity index (χ1) is 18.6. The molecule has 1 saturated heterocycles. The molecule has 1 aromatic carbocycles. The molecule has 13 heteroatoms. The van der Waals surface area contributed by atoms with Gasteiger partial charge in [-0.25, -0.2) is 17.9 Å². The molecule has 39 heavy (non-hydrogen) atoms. The number of ether oxygens (including phenoxy) is 1. The van der Waals surface area contributed by atoms with Gasteiger partial charge in [-0.1, -0.05) is 19.6 Å². The van der Waals surface area contributed by atoms with Gasteiger partial charge in [-0.15, -0.1) is 5.16 Å². The number of benzene rings is 1. The van der Waals surface area contributed by atoms with Gasteiger partial charge < -0.3 is 9.94 Å². The maximum absolute atomic E-state index is 13.8. The van der Waals surface area contributed by atoms with Crippen LogP contribution >= 0.6 is 0 Å². The number of carbonyl (C=O) groups is 1. The van der Waals surface area contributed by atoms with Crippen LogP contribution in [0, 0.1) is 23.4 Å².